The summed E-state index contributed by atoms with van der Waals surface area (Å²) < 4.78 is 26.1. The van der Waals surface area contributed by atoms with Gasteiger partial charge in [0, 0.05) is 11.6 Å². The quantitative estimate of drug-likeness (QED) is 0.410. The van der Waals surface area contributed by atoms with Crippen LogP contribution < -0.4 is 5.32 Å². The van der Waals surface area contributed by atoms with Gasteiger partial charge in [-0.05, 0) is 30.7 Å². The van der Waals surface area contributed by atoms with Gasteiger partial charge in [-0.3, -0.25) is 4.57 Å². The molecule has 5 rings (SSSR count). The first-order chi connectivity index (χ1) is 15.8. The summed E-state index contributed by atoms with van der Waals surface area (Å²) in [6.45, 7) is 5.60. The van der Waals surface area contributed by atoms with Gasteiger partial charge in [0.2, 0.25) is 0 Å². The highest BCUT2D eigenvalue weighted by atomic mass is 19.1. The van der Waals surface area contributed by atoms with Crippen LogP contribution >= 0.6 is 0 Å². The Kier molecular flexibility index (Phi) is 5.27. The zero-order valence-corrected chi connectivity index (χ0v) is 18.0. The zero-order valence-electron chi connectivity index (χ0n) is 18.0. The first kappa shape index (κ1) is 21.4. The van der Waals surface area contributed by atoms with E-state index in [9.17, 15) is 14.6 Å². The van der Waals surface area contributed by atoms with E-state index in [4.69, 9.17) is 9.26 Å². The van der Waals surface area contributed by atoms with Crippen molar-refractivity contribution in [3.63, 3.8) is 0 Å². The number of benzene rings is 1. The van der Waals surface area contributed by atoms with Crippen molar-refractivity contribution in [2.45, 2.75) is 51.2 Å². The number of aromatic nitrogens is 6. The second-order valence-corrected chi connectivity index (χ2v) is 8.20. The highest BCUT2D eigenvalue weighted by Gasteiger charge is 2.47. The molecule has 3 N–H and O–H groups in total. The second-order valence-electron chi connectivity index (χ2n) is 8.20. The molecule has 4 aromatic rings. The Labute approximate surface area is 187 Å². The summed E-state index contributed by atoms with van der Waals surface area (Å²) in [7, 11) is 0. The van der Waals surface area contributed by atoms with E-state index >= 15 is 0 Å². The molecule has 33 heavy (non-hydrogen) atoms. The maximum atomic E-state index is 13.4. The molecule has 1 aliphatic heterocycles. The van der Waals surface area contributed by atoms with Gasteiger partial charge >= 0.3 is 0 Å². The first-order valence-corrected chi connectivity index (χ1v) is 10.4. The summed E-state index contributed by atoms with van der Waals surface area (Å²) in [6.07, 6.45) is -1.83. The summed E-state index contributed by atoms with van der Waals surface area (Å²) in [4.78, 5) is 17.2. The minimum absolute atomic E-state index is 0.0340. The maximum absolute atomic E-state index is 13.4. The molecule has 0 spiro atoms. The van der Waals surface area contributed by atoms with Gasteiger partial charge in [-0.2, -0.15) is 4.98 Å². The minimum atomic E-state index is -1.30. The van der Waals surface area contributed by atoms with E-state index < -0.39 is 24.5 Å². The van der Waals surface area contributed by atoms with E-state index in [0.29, 0.717) is 34.1 Å². The summed E-state index contributed by atoms with van der Waals surface area (Å²) in [5.74, 6) is 0.660. The standard InChI is InChI=1S/C21H22FN7O4/c1-9(2)17-27-20(33-28-17)16-14(30)15(31)21(32-16)29-8-25-13-18(23-7-24-19(13)29)26-12-5-4-11(22)6-10(12)3/h4-9,14-16,21,30-31H,1-3H3,(H,23,24,26)/t14-,15+,16-,21+/m0/s1. The first-order valence-electron chi connectivity index (χ1n) is 10.4. The van der Waals surface area contributed by atoms with E-state index in [1.807, 2.05) is 13.8 Å². The van der Waals surface area contributed by atoms with Crippen molar-refractivity contribution in [1.29, 1.82) is 0 Å². The predicted molar refractivity (Wildman–Crippen MR) is 113 cm³/mol. The van der Waals surface area contributed by atoms with Crippen molar-refractivity contribution in [3.05, 3.63) is 53.9 Å². The van der Waals surface area contributed by atoms with Crippen LogP contribution in [-0.2, 0) is 4.74 Å². The molecule has 0 amide bonds. The average Bonchev–Trinajstić information content (AvgIpc) is 3.49. The molecular weight excluding hydrogens is 433 g/mol. The van der Waals surface area contributed by atoms with Crippen molar-refractivity contribution in [2.24, 2.45) is 0 Å². The number of fused-ring (bicyclic) bond motifs is 1. The third kappa shape index (κ3) is 3.71. The van der Waals surface area contributed by atoms with Crippen molar-refractivity contribution < 1.29 is 23.9 Å². The van der Waals surface area contributed by atoms with E-state index in [0.717, 1.165) is 0 Å². The van der Waals surface area contributed by atoms with Gasteiger partial charge < -0.3 is 24.8 Å². The molecule has 0 radical (unpaired) electrons. The molecule has 0 saturated carbocycles. The summed E-state index contributed by atoms with van der Waals surface area (Å²) in [5.41, 5.74) is 2.14. The number of rotatable bonds is 5. The van der Waals surface area contributed by atoms with E-state index in [1.54, 1.807) is 13.0 Å². The van der Waals surface area contributed by atoms with Crippen molar-refractivity contribution >= 4 is 22.7 Å². The topological polar surface area (TPSA) is 144 Å². The molecule has 1 fully saturated rings. The van der Waals surface area contributed by atoms with Crippen LogP contribution in [0.2, 0.25) is 0 Å². The van der Waals surface area contributed by atoms with Gasteiger partial charge in [0.1, 0.15) is 24.4 Å². The Balaban J connectivity index is 1.46. The smallest absolute Gasteiger partial charge is 0.258 e. The predicted octanol–water partition coefficient (Wildman–Crippen LogP) is 2.52. The van der Waals surface area contributed by atoms with Crippen LogP contribution in [0.3, 0.4) is 0 Å². The molecule has 1 aromatic carbocycles. The third-order valence-electron chi connectivity index (χ3n) is 5.53. The van der Waals surface area contributed by atoms with E-state index in [1.165, 1.54) is 29.4 Å². The molecule has 11 nitrogen and oxygen atoms in total. The fraction of sp³-hybridized carbons (Fsp3) is 0.381. The molecular formula is C21H22FN7O4. The molecule has 1 aliphatic rings. The summed E-state index contributed by atoms with van der Waals surface area (Å²) >= 11 is 0. The lowest BCUT2D eigenvalue weighted by molar-refractivity contribution is -0.0451. The molecule has 4 atom stereocenters. The third-order valence-corrected chi connectivity index (χ3v) is 5.53. The number of nitrogens with zero attached hydrogens (tertiary/aromatic N) is 6. The van der Waals surface area contributed by atoms with Gasteiger partial charge in [0.05, 0.1) is 6.33 Å². The molecule has 0 bridgehead atoms. The van der Waals surface area contributed by atoms with Crippen LogP contribution in [0.25, 0.3) is 11.2 Å². The van der Waals surface area contributed by atoms with Crippen LogP contribution in [-0.4, -0.2) is 52.1 Å². The van der Waals surface area contributed by atoms with Gasteiger partial charge in [-0.15, -0.1) is 0 Å². The number of hydrogen-bond donors (Lipinski definition) is 3. The van der Waals surface area contributed by atoms with Crippen LogP contribution in [0.1, 0.15) is 49.4 Å². The molecule has 172 valence electrons. The number of aliphatic hydroxyl groups excluding tert-OH is 2. The van der Waals surface area contributed by atoms with Crippen LogP contribution in [0.4, 0.5) is 15.9 Å². The Morgan fingerprint density at radius 1 is 1.15 bits per heavy atom. The van der Waals surface area contributed by atoms with Crippen molar-refractivity contribution in [1.82, 2.24) is 29.7 Å². The van der Waals surface area contributed by atoms with Crippen molar-refractivity contribution in [2.75, 3.05) is 5.32 Å². The number of halogens is 1. The largest absolute Gasteiger partial charge is 0.387 e. The van der Waals surface area contributed by atoms with Gasteiger partial charge in [0.15, 0.2) is 35.1 Å². The molecule has 0 unspecified atom stereocenters. The monoisotopic (exact) mass is 455 g/mol. The number of aliphatic hydroxyl groups is 2. The van der Waals surface area contributed by atoms with Gasteiger partial charge in [0.25, 0.3) is 5.89 Å². The number of nitrogens with one attached hydrogen (secondary N) is 1. The van der Waals surface area contributed by atoms with E-state index in [-0.39, 0.29) is 17.6 Å². The zero-order chi connectivity index (χ0) is 23.3. The summed E-state index contributed by atoms with van der Waals surface area (Å²) in [6, 6.07) is 4.36. The van der Waals surface area contributed by atoms with Gasteiger partial charge in [-0.25, -0.2) is 19.3 Å². The Morgan fingerprint density at radius 3 is 2.70 bits per heavy atom. The van der Waals surface area contributed by atoms with E-state index in [2.05, 4.69) is 30.4 Å². The lowest BCUT2D eigenvalue weighted by Gasteiger charge is -2.16. The number of hydrogen-bond acceptors (Lipinski definition) is 10. The van der Waals surface area contributed by atoms with Gasteiger partial charge in [-0.1, -0.05) is 19.0 Å². The van der Waals surface area contributed by atoms with Crippen molar-refractivity contribution in [3.8, 4) is 0 Å². The Morgan fingerprint density at radius 2 is 1.97 bits per heavy atom. The lowest BCUT2D eigenvalue weighted by Crippen LogP contribution is -2.29. The SMILES string of the molecule is Cc1cc(F)ccc1Nc1ncnc2c1ncn2[C@@H]1O[C@H](c2nc(C(C)C)no2)[C@@H](O)[C@H]1O. The molecule has 12 heteroatoms. The molecule has 1 saturated heterocycles. The number of aryl methyl sites for hydroxylation is 1. The highest BCUT2D eigenvalue weighted by Crippen LogP contribution is 2.39. The summed E-state index contributed by atoms with van der Waals surface area (Å²) in [5, 5.41) is 28.3. The Bertz CT molecular complexity index is 1310. The lowest BCUT2D eigenvalue weighted by atomic mass is 10.1. The minimum Gasteiger partial charge on any atom is -0.387 e. The molecule has 4 heterocycles. The average molecular weight is 455 g/mol. The fourth-order valence-electron chi connectivity index (χ4n) is 3.72. The molecule has 0 aliphatic carbocycles. The second kappa shape index (κ2) is 8.14. The normalized spacial score (nSPS) is 23.0. The highest BCUT2D eigenvalue weighted by molar-refractivity contribution is 5.85. The Hall–Kier alpha value is -3.48. The van der Waals surface area contributed by atoms with Crippen LogP contribution in [0, 0.1) is 12.7 Å². The number of imidazole rings is 1. The molecule has 3 aromatic heterocycles. The number of ether oxygens (including phenoxy) is 1. The van der Waals surface area contributed by atoms with Crippen LogP contribution in [0.15, 0.2) is 35.4 Å². The van der Waals surface area contributed by atoms with Crippen LogP contribution in [0.5, 0.6) is 0 Å². The fourth-order valence-corrected chi connectivity index (χ4v) is 3.72. The number of anilines is 2. The maximum Gasteiger partial charge on any atom is 0.258 e.